The van der Waals surface area contributed by atoms with E-state index in [0.29, 0.717) is 15.7 Å². The number of nitrogens with one attached hydrogen (secondary N) is 2. The lowest BCUT2D eigenvalue weighted by atomic mass is 10.1. The quantitative estimate of drug-likeness (QED) is 0.452. The van der Waals surface area contributed by atoms with Crippen molar-refractivity contribution in [3.63, 3.8) is 0 Å². The van der Waals surface area contributed by atoms with Gasteiger partial charge in [-0.1, -0.05) is 35.9 Å². The highest BCUT2D eigenvalue weighted by Gasteiger charge is 2.22. The number of hydrazone groups is 1. The first kappa shape index (κ1) is 15.8. The van der Waals surface area contributed by atoms with Crippen molar-refractivity contribution in [3.8, 4) is 5.75 Å². The zero-order valence-electron chi connectivity index (χ0n) is 12.3. The average Bonchev–Trinajstić information content (AvgIpc) is 2.94. The summed E-state index contributed by atoms with van der Waals surface area (Å²) in [5.41, 5.74) is 5.94. The first-order valence-corrected chi connectivity index (χ1v) is 8.08. The smallest absolute Gasteiger partial charge is 0.187 e. The summed E-state index contributed by atoms with van der Waals surface area (Å²) in [5.74, 6) is 0.114. The molecule has 0 fully saturated rings. The highest BCUT2D eigenvalue weighted by molar-refractivity contribution is 7.80. The number of phenols is 1. The minimum Gasteiger partial charge on any atom is -0.507 e. The molecule has 0 aliphatic heterocycles. The predicted molar refractivity (Wildman–Crippen MR) is 97.1 cm³/mol. The van der Waals surface area contributed by atoms with E-state index < -0.39 is 0 Å². The number of hydrogen-bond acceptors (Lipinski definition) is 3. The van der Waals surface area contributed by atoms with E-state index in [1.807, 2.05) is 6.07 Å². The fourth-order valence-corrected chi connectivity index (χ4v) is 3.06. The molecule has 6 heteroatoms. The van der Waals surface area contributed by atoms with Gasteiger partial charge in [0.25, 0.3) is 0 Å². The van der Waals surface area contributed by atoms with Crippen molar-refractivity contribution in [1.29, 1.82) is 0 Å². The lowest BCUT2D eigenvalue weighted by Gasteiger charge is -2.15. The lowest BCUT2D eigenvalue weighted by molar-refractivity contribution is 0.474. The van der Waals surface area contributed by atoms with E-state index in [2.05, 4.69) is 34.0 Å². The number of phenolic OH excluding ortho intramolecular Hbond substituents is 1. The van der Waals surface area contributed by atoms with Gasteiger partial charge in [-0.05, 0) is 54.4 Å². The molecule has 2 aromatic rings. The number of thiocarbonyl (C=S) groups is 1. The maximum Gasteiger partial charge on any atom is 0.187 e. The van der Waals surface area contributed by atoms with E-state index in [4.69, 9.17) is 23.8 Å². The van der Waals surface area contributed by atoms with Crippen molar-refractivity contribution in [2.75, 3.05) is 0 Å². The van der Waals surface area contributed by atoms with Crippen LogP contribution >= 0.6 is 23.8 Å². The number of aromatic hydroxyl groups is 1. The van der Waals surface area contributed by atoms with Crippen LogP contribution in [-0.4, -0.2) is 16.4 Å². The normalized spacial score (nSPS) is 16.3. The molecule has 1 aliphatic carbocycles. The van der Waals surface area contributed by atoms with Crippen molar-refractivity contribution < 1.29 is 5.11 Å². The third kappa shape index (κ3) is 3.81. The van der Waals surface area contributed by atoms with Gasteiger partial charge in [0.15, 0.2) is 5.11 Å². The summed E-state index contributed by atoms with van der Waals surface area (Å²) in [4.78, 5) is 0. The Morgan fingerprint density at radius 3 is 3.00 bits per heavy atom. The second-order valence-electron chi connectivity index (χ2n) is 5.34. The SMILES string of the molecule is Oc1ccc(Cl)cc1/C=N\NC(=S)N[C@@H]1CCc2ccccc21. The van der Waals surface area contributed by atoms with Crippen LogP contribution in [0, 0.1) is 0 Å². The number of aryl methyl sites for hydroxylation is 1. The number of benzene rings is 2. The highest BCUT2D eigenvalue weighted by atomic mass is 35.5. The molecule has 1 atom stereocenters. The van der Waals surface area contributed by atoms with Crippen molar-refractivity contribution in [3.05, 3.63) is 64.2 Å². The van der Waals surface area contributed by atoms with E-state index in [0.717, 1.165) is 12.8 Å². The molecule has 0 heterocycles. The second kappa shape index (κ2) is 6.98. The van der Waals surface area contributed by atoms with Crippen molar-refractivity contribution in [1.82, 2.24) is 10.7 Å². The zero-order chi connectivity index (χ0) is 16.2. The van der Waals surface area contributed by atoms with Gasteiger partial charge in [0, 0.05) is 10.6 Å². The van der Waals surface area contributed by atoms with Crippen LogP contribution in [0.15, 0.2) is 47.6 Å². The molecule has 0 bridgehead atoms. The van der Waals surface area contributed by atoms with Gasteiger partial charge >= 0.3 is 0 Å². The monoisotopic (exact) mass is 345 g/mol. The summed E-state index contributed by atoms with van der Waals surface area (Å²) >= 11 is 11.2. The van der Waals surface area contributed by atoms with Crippen LogP contribution in [0.4, 0.5) is 0 Å². The van der Waals surface area contributed by atoms with Gasteiger partial charge in [0.1, 0.15) is 5.75 Å². The summed E-state index contributed by atoms with van der Waals surface area (Å²) in [7, 11) is 0. The first-order valence-electron chi connectivity index (χ1n) is 7.29. The molecular weight excluding hydrogens is 330 g/mol. The van der Waals surface area contributed by atoms with Gasteiger partial charge in [-0.2, -0.15) is 5.10 Å². The molecule has 4 nitrogen and oxygen atoms in total. The maximum absolute atomic E-state index is 9.71. The van der Waals surface area contributed by atoms with Crippen LogP contribution in [-0.2, 0) is 6.42 Å². The molecule has 0 saturated carbocycles. The molecule has 0 aromatic heterocycles. The maximum atomic E-state index is 9.71. The third-order valence-corrected chi connectivity index (χ3v) is 4.24. The molecule has 0 amide bonds. The van der Waals surface area contributed by atoms with Gasteiger partial charge in [-0.3, -0.25) is 5.43 Å². The van der Waals surface area contributed by atoms with Crippen LogP contribution in [0.2, 0.25) is 5.02 Å². The number of hydrogen-bond donors (Lipinski definition) is 3. The summed E-state index contributed by atoms with van der Waals surface area (Å²) < 4.78 is 0. The van der Waals surface area contributed by atoms with Crippen molar-refractivity contribution in [2.24, 2.45) is 5.10 Å². The lowest BCUT2D eigenvalue weighted by Crippen LogP contribution is -2.34. The highest BCUT2D eigenvalue weighted by Crippen LogP contribution is 2.30. The van der Waals surface area contributed by atoms with Gasteiger partial charge in [0.05, 0.1) is 12.3 Å². The molecule has 3 rings (SSSR count). The Labute approximate surface area is 145 Å². The summed E-state index contributed by atoms with van der Waals surface area (Å²) in [6.07, 6.45) is 3.55. The van der Waals surface area contributed by atoms with E-state index >= 15 is 0 Å². The number of rotatable bonds is 3. The summed E-state index contributed by atoms with van der Waals surface area (Å²) in [5, 5.41) is 18.0. The topological polar surface area (TPSA) is 56.7 Å². The Morgan fingerprint density at radius 1 is 1.30 bits per heavy atom. The molecule has 0 spiro atoms. The Balaban J connectivity index is 1.58. The molecule has 118 valence electrons. The Kier molecular flexibility index (Phi) is 4.79. The summed E-state index contributed by atoms with van der Waals surface area (Å²) in [6.45, 7) is 0. The Bertz CT molecular complexity index is 763. The predicted octanol–water partition coefficient (Wildman–Crippen LogP) is 3.53. The van der Waals surface area contributed by atoms with Crippen LogP contribution < -0.4 is 10.7 Å². The molecule has 2 aromatic carbocycles. The third-order valence-electron chi connectivity index (χ3n) is 3.80. The fourth-order valence-electron chi connectivity index (χ4n) is 2.69. The van der Waals surface area contributed by atoms with E-state index in [9.17, 15) is 5.11 Å². The van der Waals surface area contributed by atoms with Crippen LogP contribution in [0.25, 0.3) is 0 Å². The average molecular weight is 346 g/mol. The minimum atomic E-state index is 0.114. The zero-order valence-corrected chi connectivity index (χ0v) is 13.9. The molecule has 0 saturated heterocycles. The van der Waals surface area contributed by atoms with Crippen LogP contribution in [0.3, 0.4) is 0 Å². The van der Waals surface area contributed by atoms with E-state index in [1.165, 1.54) is 23.4 Å². The molecule has 0 radical (unpaired) electrons. The largest absolute Gasteiger partial charge is 0.507 e. The van der Waals surface area contributed by atoms with Gasteiger partial charge in [-0.15, -0.1) is 0 Å². The molecule has 3 N–H and O–H groups in total. The standard InChI is InChI=1S/C17H16ClN3OS/c18-13-6-8-16(22)12(9-13)10-19-21-17(23)20-15-7-5-11-3-1-2-4-14(11)15/h1-4,6,8-10,15,22H,5,7H2,(H2,20,21,23)/b19-10-/t15-/m1/s1. The Hall–Kier alpha value is -2.11. The number of fused-ring (bicyclic) bond motifs is 1. The second-order valence-corrected chi connectivity index (χ2v) is 6.18. The van der Waals surface area contributed by atoms with Gasteiger partial charge in [0.2, 0.25) is 0 Å². The first-order chi connectivity index (χ1) is 11.1. The minimum absolute atomic E-state index is 0.114. The molecular formula is C17H16ClN3OS. The fraction of sp³-hybridized carbons (Fsp3) is 0.176. The number of nitrogens with zero attached hydrogens (tertiary/aromatic N) is 1. The summed E-state index contributed by atoms with van der Waals surface area (Å²) in [6, 6.07) is 13.3. The van der Waals surface area contributed by atoms with E-state index in [-0.39, 0.29) is 11.8 Å². The van der Waals surface area contributed by atoms with E-state index in [1.54, 1.807) is 12.1 Å². The number of halogens is 1. The van der Waals surface area contributed by atoms with Crippen molar-refractivity contribution >= 4 is 35.1 Å². The molecule has 23 heavy (non-hydrogen) atoms. The van der Waals surface area contributed by atoms with Gasteiger partial charge in [-0.25, -0.2) is 0 Å². The molecule has 0 unspecified atom stereocenters. The Morgan fingerprint density at radius 2 is 2.13 bits per heavy atom. The van der Waals surface area contributed by atoms with Crippen molar-refractivity contribution in [2.45, 2.75) is 18.9 Å². The van der Waals surface area contributed by atoms with Gasteiger partial charge < -0.3 is 10.4 Å². The van der Waals surface area contributed by atoms with Crippen LogP contribution in [0.5, 0.6) is 5.75 Å². The van der Waals surface area contributed by atoms with Crippen LogP contribution in [0.1, 0.15) is 29.2 Å². The molecule has 1 aliphatic rings.